The number of ether oxygens (including phenoxy) is 1. The fourth-order valence-electron chi connectivity index (χ4n) is 2.44. The SMILES string of the molecule is CCCNCCCc1nnc(-c2ccc3c(c2)COC3)o1. The van der Waals surface area contributed by atoms with Gasteiger partial charge in [0.1, 0.15) is 0 Å². The lowest BCUT2D eigenvalue weighted by Gasteiger charge is -2.00. The van der Waals surface area contributed by atoms with Crippen LogP contribution in [0.15, 0.2) is 22.6 Å². The summed E-state index contributed by atoms with van der Waals surface area (Å²) in [5.74, 6) is 1.31. The molecule has 1 N–H and O–H groups in total. The molecule has 1 aliphatic heterocycles. The maximum absolute atomic E-state index is 5.75. The second-order valence-electron chi connectivity index (χ2n) is 5.33. The van der Waals surface area contributed by atoms with Gasteiger partial charge in [-0.05, 0) is 49.2 Å². The van der Waals surface area contributed by atoms with Crippen LogP contribution in [-0.4, -0.2) is 23.3 Å². The molecule has 0 fully saturated rings. The monoisotopic (exact) mass is 287 g/mol. The first-order valence-electron chi connectivity index (χ1n) is 7.60. The van der Waals surface area contributed by atoms with Crippen molar-refractivity contribution in [2.75, 3.05) is 13.1 Å². The number of benzene rings is 1. The van der Waals surface area contributed by atoms with E-state index < -0.39 is 0 Å². The molecule has 0 radical (unpaired) electrons. The molecule has 0 spiro atoms. The molecule has 1 aliphatic rings. The van der Waals surface area contributed by atoms with Crippen molar-refractivity contribution in [1.82, 2.24) is 15.5 Å². The zero-order chi connectivity index (χ0) is 14.5. The number of aromatic nitrogens is 2. The van der Waals surface area contributed by atoms with Crippen molar-refractivity contribution < 1.29 is 9.15 Å². The highest BCUT2D eigenvalue weighted by molar-refractivity contribution is 5.55. The van der Waals surface area contributed by atoms with E-state index in [1.165, 1.54) is 11.1 Å². The first-order chi connectivity index (χ1) is 10.4. The van der Waals surface area contributed by atoms with Gasteiger partial charge in [0.05, 0.1) is 13.2 Å². The summed E-state index contributed by atoms with van der Waals surface area (Å²) in [4.78, 5) is 0. The summed E-state index contributed by atoms with van der Waals surface area (Å²) in [6.45, 7) is 5.59. The minimum atomic E-state index is 0.598. The van der Waals surface area contributed by atoms with Gasteiger partial charge in [-0.15, -0.1) is 10.2 Å². The fourth-order valence-corrected chi connectivity index (χ4v) is 2.44. The van der Waals surface area contributed by atoms with E-state index in [0.717, 1.165) is 37.9 Å². The lowest BCUT2D eigenvalue weighted by atomic mass is 10.1. The topological polar surface area (TPSA) is 60.2 Å². The second-order valence-corrected chi connectivity index (χ2v) is 5.33. The van der Waals surface area contributed by atoms with Gasteiger partial charge >= 0.3 is 0 Å². The summed E-state index contributed by atoms with van der Waals surface area (Å²) in [6.07, 6.45) is 2.99. The second kappa shape index (κ2) is 6.83. The average molecular weight is 287 g/mol. The van der Waals surface area contributed by atoms with Gasteiger partial charge in [0.15, 0.2) is 0 Å². The Bertz CT molecular complexity index is 595. The Hall–Kier alpha value is -1.72. The Kier molecular flexibility index (Phi) is 4.62. The van der Waals surface area contributed by atoms with Crippen LogP contribution >= 0.6 is 0 Å². The van der Waals surface area contributed by atoms with Crippen LogP contribution < -0.4 is 5.32 Å². The third-order valence-corrected chi connectivity index (χ3v) is 3.61. The highest BCUT2D eigenvalue weighted by Crippen LogP contribution is 2.26. The predicted molar refractivity (Wildman–Crippen MR) is 79.7 cm³/mol. The molecule has 5 heteroatoms. The van der Waals surface area contributed by atoms with Crippen LogP contribution in [-0.2, 0) is 24.4 Å². The quantitative estimate of drug-likeness (QED) is 0.793. The lowest BCUT2D eigenvalue weighted by Crippen LogP contribution is -2.16. The van der Waals surface area contributed by atoms with Gasteiger partial charge < -0.3 is 14.5 Å². The van der Waals surface area contributed by atoms with E-state index in [1.54, 1.807) is 0 Å². The Balaban J connectivity index is 1.59. The highest BCUT2D eigenvalue weighted by Gasteiger charge is 2.14. The molecule has 5 nitrogen and oxygen atoms in total. The van der Waals surface area contributed by atoms with Crippen molar-refractivity contribution in [2.45, 2.75) is 39.4 Å². The molecular weight excluding hydrogens is 266 g/mol. The predicted octanol–water partition coefficient (Wildman–Crippen LogP) is 2.70. The first kappa shape index (κ1) is 14.2. The van der Waals surface area contributed by atoms with Crippen LogP contribution in [0, 0.1) is 0 Å². The Morgan fingerprint density at radius 2 is 2.05 bits per heavy atom. The molecule has 1 aromatic carbocycles. The van der Waals surface area contributed by atoms with Crippen LogP contribution in [0.3, 0.4) is 0 Å². The van der Waals surface area contributed by atoms with Crippen LogP contribution in [0.25, 0.3) is 11.5 Å². The number of rotatable bonds is 7. The maximum atomic E-state index is 5.75. The summed E-state index contributed by atoms with van der Waals surface area (Å²) in [6, 6.07) is 6.19. The van der Waals surface area contributed by atoms with E-state index in [9.17, 15) is 0 Å². The molecule has 0 saturated heterocycles. The normalized spacial score (nSPS) is 13.6. The van der Waals surface area contributed by atoms with E-state index in [-0.39, 0.29) is 0 Å². The van der Waals surface area contributed by atoms with Gasteiger partial charge in [-0.2, -0.15) is 0 Å². The molecule has 3 rings (SSSR count). The summed E-state index contributed by atoms with van der Waals surface area (Å²) in [5.41, 5.74) is 3.44. The highest BCUT2D eigenvalue weighted by atomic mass is 16.5. The molecule has 1 aromatic heterocycles. The molecule has 112 valence electrons. The summed E-state index contributed by atoms with van der Waals surface area (Å²) >= 11 is 0. The van der Waals surface area contributed by atoms with E-state index in [2.05, 4.69) is 34.6 Å². The van der Waals surface area contributed by atoms with Gasteiger partial charge in [-0.1, -0.05) is 13.0 Å². The van der Waals surface area contributed by atoms with Gasteiger partial charge in [0.25, 0.3) is 0 Å². The molecule has 0 bridgehead atoms. The van der Waals surface area contributed by atoms with Crippen molar-refractivity contribution >= 4 is 0 Å². The number of nitrogens with one attached hydrogen (secondary N) is 1. The van der Waals surface area contributed by atoms with Crippen molar-refractivity contribution in [2.24, 2.45) is 0 Å². The van der Waals surface area contributed by atoms with E-state index in [4.69, 9.17) is 9.15 Å². The zero-order valence-corrected chi connectivity index (χ0v) is 12.4. The molecular formula is C16H21N3O2. The number of fused-ring (bicyclic) bond motifs is 1. The molecule has 0 unspecified atom stereocenters. The molecule has 2 heterocycles. The van der Waals surface area contributed by atoms with Crippen molar-refractivity contribution in [3.63, 3.8) is 0 Å². The summed E-state index contributed by atoms with van der Waals surface area (Å²) in [7, 11) is 0. The van der Waals surface area contributed by atoms with Gasteiger partial charge in [0.2, 0.25) is 11.8 Å². The minimum Gasteiger partial charge on any atom is -0.421 e. The maximum Gasteiger partial charge on any atom is 0.247 e. The van der Waals surface area contributed by atoms with E-state index in [1.807, 2.05) is 6.07 Å². The van der Waals surface area contributed by atoms with Crippen molar-refractivity contribution in [3.05, 3.63) is 35.2 Å². The fraction of sp³-hybridized carbons (Fsp3) is 0.500. The Labute approximate surface area is 124 Å². The number of hydrogen-bond acceptors (Lipinski definition) is 5. The Morgan fingerprint density at radius 1 is 1.14 bits per heavy atom. The summed E-state index contributed by atoms with van der Waals surface area (Å²) < 4.78 is 11.2. The largest absolute Gasteiger partial charge is 0.421 e. The number of hydrogen-bond donors (Lipinski definition) is 1. The molecule has 0 saturated carbocycles. The molecule has 2 aromatic rings. The first-order valence-corrected chi connectivity index (χ1v) is 7.60. The van der Waals surface area contributed by atoms with Crippen LogP contribution in [0.2, 0.25) is 0 Å². The summed E-state index contributed by atoms with van der Waals surface area (Å²) in [5, 5.41) is 11.6. The van der Waals surface area contributed by atoms with E-state index >= 15 is 0 Å². The van der Waals surface area contributed by atoms with E-state index in [0.29, 0.717) is 25.0 Å². The van der Waals surface area contributed by atoms with Gasteiger partial charge in [-0.3, -0.25) is 0 Å². The zero-order valence-electron chi connectivity index (χ0n) is 12.4. The average Bonchev–Trinajstić information content (AvgIpc) is 3.15. The molecule has 0 amide bonds. The van der Waals surface area contributed by atoms with Crippen molar-refractivity contribution in [3.8, 4) is 11.5 Å². The molecule has 0 atom stereocenters. The number of nitrogens with zero attached hydrogens (tertiary/aromatic N) is 2. The van der Waals surface area contributed by atoms with Crippen molar-refractivity contribution in [1.29, 1.82) is 0 Å². The van der Waals surface area contributed by atoms with Gasteiger partial charge in [0, 0.05) is 12.0 Å². The van der Waals surface area contributed by atoms with Crippen LogP contribution in [0.5, 0.6) is 0 Å². The smallest absolute Gasteiger partial charge is 0.247 e. The molecule has 0 aliphatic carbocycles. The minimum absolute atomic E-state index is 0.598. The third-order valence-electron chi connectivity index (χ3n) is 3.61. The van der Waals surface area contributed by atoms with Crippen LogP contribution in [0.4, 0.5) is 0 Å². The number of aryl methyl sites for hydroxylation is 1. The van der Waals surface area contributed by atoms with Crippen LogP contribution in [0.1, 0.15) is 36.8 Å². The Morgan fingerprint density at radius 3 is 2.95 bits per heavy atom. The van der Waals surface area contributed by atoms with Gasteiger partial charge in [-0.25, -0.2) is 0 Å². The lowest BCUT2D eigenvalue weighted by molar-refractivity contribution is 0.134. The standard InChI is InChI=1S/C16H21N3O2/c1-2-7-17-8-3-4-15-18-19-16(21-15)12-5-6-13-10-20-11-14(13)9-12/h5-6,9,17H,2-4,7-8,10-11H2,1H3. The molecule has 21 heavy (non-hydrogen) atoms. The third kappa shape index (κ3) is 3.49.